The Labute approximate surface area is 171 Å². The van der Waals surface area contributed by atoms with Crippen LogP contribution in [0.4, 0.5) is 10.2 Å². The monoisotopic (exact) mass is 418 g/mol. The molecule has 2 aromatic rings. The minimum absolute atomic E-state index is 0.0874. The van der Waals surface area contributed by atoms with Gasteiger partial charge in [0, 0.05) is 30.9 Å². The smallest absolute Gasteiger partial charge is 0.214 e. The van der Waals surface area contributed by atoms with Crippen molar-refractivity contribution in [3.63, 3.8) is 0 Å². The first-order valence-corrected chi connectivity index (χ1v) is 11.9. The van der Waals surface area contributed by atoms with Crippen LogP contribution in [-0.2, 0) is 23.0 Å². The second-order valence-corrected chi connectivity index (χ2v) is 10.0. The van der Waals surface area contributed by atoms with Crippen LogP contribution in [0, 0.1) is 12.7 Å². The van der Waals surface area contributed by atoms with Crippen molar-refractivity contribution in [2.45, 2.75) is 52.1 Å². The van der Waals surface area contributed by atoms with E-state index in [1.807, 2.05) is 6.92 Å². The van der Waals surface area contributed by atoms with Crippen molar-refractivity contribution >= 4 is 15.8 Å². The summed E-state index contributed by atoms with van der Waals surface area (Å²) in [6, 6.07) is 6.25. The zero-order valence-electron chi connectivity index (χ0n) is 16.9. The van der Waals surface area contributed by atoms with Crippen molar-refractivity contribution in [1.82, 2.24) is 14.3 Å². The van der Waals surface area contributed by atoms with E-state index in [2.05, 4.69) is 4.90 Å². The SMILES string of the molecule is CCS(=O)(=O)N1CCCC1c1nc(C)c2c(n1)N(Cc1ccc(F)cc1)CCC2. The molecular formula is C21H27FN4O2S. The number of hydrogen-bond acceptors (Lipinski definition) is 5. The standard InChI is InChI=1S/C21H27FN4O2S/c1-3-29(27,28)26-13-5-7-19(26)20-23-15(2)18-6-4-12-25(21(18)24-20)14-16-8-10-17(22)11-9-16/h8-11,19H,3-7,12-14H2,1-2H3. The van der Waals surface area contributed by atoms with Gasteiger partial charge in [-0.25, -0.2) is 22.8 Å². The fraction of sp³-hybridized carbons (Fsp3) is 0.524. The van der Waals surface area contributed by atoms with Gasteiger partial charge in [0.15, 0.2) is 0 Å². The first-order chi connectivity index (χ1) is 13.9. The molecule has 0 radical (unpaired) electrons. The molecule has 0 aliphatic carbocycles. The van der Waals surface area contributed by atoms with E-state index >= 15 is 0 Å². The second kappa shape index (κ2) is 7.99. The van der Waals surface area contributed by atoms with Crippen LogP contribution < -0.4 is 4.90 Å². The van der Waals surface area contributed by atoms with Crippen LogP contribution in [0.25, 0.3) is 0 Å². The third-order valence-corrected chi connectivity index (χ3v) is 7.76. The molecule has 8 heteroatoms. The van der Waals surface area contributed by atoms with Gasteiger partial charge in [-0.1, -0.05) is 12.1 Å². The summed E-state index contributed by atoms with van der Waals surface area (Å²) in [4.78, 5) is 11.8. The van der Waals surface area contributed by atoms with Crippen molar-refractivity contribution in [2.75, 3.05) is 23.7 Å². The van der Waals surface area contributed by atoms with Gasteiger partial charge in [0.2, 0.25) is 10.0 Å². The molecule has 0 spiro atoms. The van der Waals surface area contributed by atoms with Crippen molar-refractivity contribution in [1.29, 1.82) is 0 Å². The number of hydrogen-bond donors (Lipinski definition) is 0. The van der Waals surface area contributed by atoms with Crippen LogP contribution in [0.2, 0.25) is 0 Å². The number of fused-ring (bicyclic) bond motifs is 1. The van der Waals surface area contributed by atoms with E-state index in [4.69, 9.17) is 9.97 Å². The third-order valence-electron chi connectivity index (χ3n) is 5.87. The molecule has 0 saturated carbocycles. The predicted octanol–water partition coefficient (Wildman–Crippen LogP) is 3.36. The topological polar surface area (TPSA) is 66.4 Å². The highest BCUT2D eigenvalue weighted by atomic mass is 32.2. The fourth-order valence-corrected chi connectivity index (χ4v) is 5.65. The van der Waals surface area contributed by atoms with Crippen LogP contribution in [0.1, 0.15) is 54.9 Å². The van der Waals surface area contributed by atoms with E-state index in [1.54, 1.807) is 23.4 Å². The van der Waals surface area contributed by atoms with Gasteiger partial charge in [-0.2, -0.15) is 4.31 Å². The molecule has 0 amide bonds. The molecule has 4 rings (SSSR count). The zero-order chi connectivity index (χ0) is 20.6. The molecule has 6 nitrogen and oxygen atoms in total. The maximum absolute atomic E-state index is 13.3. The zero-order valence-corrected chi connectivity index (χ0v) is 17.8. The maximum atomic E-state index is 13.3. The highest BCUT2D eigenvalue weighted by Gasteiger charge is 2.37. The number of benzene rings is 1. The second-order valence-electron chi connectivity index (χ2n) is 7.79. The Morgan fingerprint density at radius 3 is 2.62 bits per heavy atom. The lowest BCUT2D eigenvalue weighted by atomic mass is 10.0. The number of nitrogens with zero attached hydrogens (tertiary/aromatic N) is 4. The van der Waals surface area contributed by atoms with Gasteiger partial charge in [0.1, 0.15) is 17.5 Å². The highest BCUT2D eigenvalue weighted by molar-refractivity contribution is 7.89. The number of rotatable bonds is 5. The van der Waals surface area contributed by atoms with Gasteiger partial charge in [-0.15, -0.1) is 0 Å². The number of aromatic nitrogens is 2. The van der Waals surface area contributed by atoms with Crippen LogP contribution >= 0.6 is 0 Å². The van der Waals surface area contributed by atoms with Crippen LogP contribution in [0.5, 0.6) is 0 Å². The lowest BCUT2D eigenvalue weighted by molar-refractivity contribution is 0.383. The summed E-state index contributed by atoms with van der Waals surface area (Å²) in [5.41, 5.74) is 3.08. The molecule has 3 heterocycles. The summed E-state index contributed by atoms with van der Waals surface area (Å²) < 4.78 is 39.9. The van der Waals surface area contributed by atoms with Crippen LogP contribution in [0.3, 0.4) is 0 Å². The number of anilines is 1. The Kier molecular flexibility index (Phi) is 5.57. The molecule has 29 heavy (non-hydrogen) atoms. The highest BCUT2D eigenvalue weighted by Crippen LogP contribution is 2.36. The lowest BCUT2D eigenvalue weighted by Crippen LogP contribution is -2.35. The van der Waals surface area contributed by atoms with E-state index in [9.17, 15) is 12.8 Å². The van der Waals surface area contributed by atoms with E-state index in [0.717, 1.165) is 54.9 Å². The van der Waals surface area contributed by atoms with Gasteiger partial charge >= 0.3 is 0 Å². The molecule has 1 atom stereocenters. The summed E-state index contributed by atoms with van der Waals surface area (Å²) in [6.45, 7) is 5.69. The average molecular weight is 419 g/mol. The third kappa shape index (κ3) is 4.00. The number of aryl methyl sites for hydroxylation is 1. The molecule has 2 aliphatic heterocycles. The predicted molar refractivity (Wildman–Crippen MR) is 111 cm³/mol. The van der Waals surface area contributed by atoms with Crippen molar-refractivity contribution in [3.05, 3.63) is 52.7 Å². The van der Waals surface area contributed by atoms with Crippen LogP contribution in [-0.4, -0.2) is 41.5 Å². The molecule has 1 aromatic heterocycles. The minimum Gasteiger partial charge on any atom is -0.352 e. The van der Waals surface area contributed by atoms with Gasteiger partial charge in [-0.3, -0.25) is 0 Å². The minimum atomic E-state index is -3.29. The Hall–Kier alpha value is -2.06. The van der Waals surface area contributed by atoms with Gasteiger partial charge < -0.3 is 4.90 Å². The van der Waals surface area contributed by atoms with Crippen LogP contribution in [0.15, 0.2) is 24.3 Å². The molecule has 2 aliphatic rings. The Balaban J connectivity index is 1.69. The summed E-state index contributed by atoms with van der Waals surface area (Å²) >= 11 is 0. The molecule has 0 bridgehead atoms. The molecule has 1 aromatic carbocycles. The fourth-order valence-electron chi connectivity index (χ4n) is 4.32. The summed E-state index contributed by atoms with van der Waals surface area (Å²) in [5, 5.41) is 0. The Morgan fingerprint density at radius 2 is 1.90 bits per heavy atom. The maximum Gasteiger partial charge on any atom is 0.214 e. The van der Waals surface area contributed by atoms with E-state index in [1.165, 1.54) is 12.1 Å². The van der Waals surface area contributed by atoms with Gasteiger partial charge in [-0.05, 0) is 57.2 Å². The molecule has 0 N–H and O–H groups in total. The summed E-state index contributed by atoms with van der Waals surface area (Å²) in [7, 11) is -3.29. The average Bonchev–Trinajstić information content (AvgIpc) is 3.21. The molecule has 1 unspecified atom stereocenters. The van der Waals surface area contributed by atoms with Crippen molar-refractivity contribution in [2.24, 2.45) is 0 Å². The number of halogens is 1. The first-order valence-electron chi connectivity index (χ1n) is 10.3. The van der Waals surface area contributed by atoms with Gasteiger partial charge in [0.25, 0.3) is 0 Å². The summed E-state index contributed by atoms with van der Waals surface area (Å²) in [5.74, 6) is 1.33. The van der Waals surface area contributed by atoms with E-state index in [0.29, 0.717) is 18.9 Å². The first kappa shape index (κ1) is 20.2. The molecular weight excluding hydrogens is 391 g/mol. The molecule has 1 fully saturated rings. The molecule has 156 valence electrons. The quantitative estimate of drug-likeness (QED) is 0.745. The summed E-state index contributed by atoms with van der Waals surface area (Å²) in [6.07, 6.45) is 3.50. The Bertz CT molecular complexity index is 994. The van der Waals surface area contributed by atoms with Crippen molar-refractivity contribution in [3.8, 4) is 0 Å². The van der Waals surface area contributed by atoms with Crippen molar-refractivity contribution < 1.29 is 12.8 Å². The molecule has 1 saturated heterocycles. The van der Waals surface area contributed by atoms with E-state index in [-0.39, 0.29) is 17.6 Å². The lowest BCUT2D eigenvalue weighted by Gasteiger charge is -2.32. The largest absolute Gasteiger partial charge is 0.352 e. The van der Waals surface area contributed by atoms with E-state index < -0.39 is 10.0 Å². The van der Waals surface area contributed by atoms with Gasteiger partial charge in [0.05, 0.1) is 11.8 Å². The number of sulfonamides is 1. The Morgan fingerprint density at radius 1 is 1.14 bits per heavy atom. The normalized spacial score (nSPS) is 20.1.